The molecule has 1 fully saturated rings. The Balaban J connectivity index is 1.99. The summed E-state index contributed by atoms with van der Waals surface area (Å²) in [5, 5.41) is 9.20. The highest BCUT2D eigenvalue weighted by atomic mass is 32.2. The predicted octanol–water partition coefficient (Wildman–Crippen LogP) is 1.18. The van der Waals surface area contributed by atoms with Crippen LogP contribution < -0.4 is 4.74 Å². The van der Waals surface area contributed by atoms with Crippen molar-refractivity contribution in [1.29, 1.82) is 5.26 Å². The molecule has 1 amide bonds. The molecule has 0 radical (unpaired) electrons. The molecule has 0 saturated carbocycles. The van der Waals surface area contributed by atoms with E-state index in [1.807, 2.05) is 0 Å². The maximum Gasteiger partial charge on any atom is 0.349 e. The Hall–Kier alpha value is -2.86. The second-order valence-electron chi connectivity index (χ2n) is 6.26. The van der Waals surface area contributed by atoms with Crippen molar-refractivity contribution in [3.8, 4) is 11.8 Å². The largest absolute Gasteiger partial charge is 0.497 e. The molecule has 0 unspecified atom stereocenters. The average Bonchev–Trinajstić information content (AvgIpc) is 3.04. The summed E-state index contributed by atoms with van der Waals surface area (Å²) in [7, 11) is -1.61. The Labute approximate surface area is 164 Å². The molecular weight excluding hydrogens is 384 g/mol. The van der Waals surface area contributed by atoms with Gasteiger partial charge in [0.15, 0.2) is 16.4 Å². The fourth-order valence-electron chi connectivity index (χ4n) is 2.95. The maximum atomic E-state index is 12.4. The highest BCUT2D eigenvalue weighted by Gasteiger charge is 2.34. The molecule has 0 aromatic heterocycles. The summed E-state index contributed by atoms with van der Waals surface area (Å²) in [5.74, 6) is -0.801. The summed E-state index contributed by atoms with van der Waals surface area (Å²) in [4.78, 5) is 25.9. The van der Waals surface area contributed by atoms with Crippen molar-refractivity contribution < 1.29 is 27.5 Å². The lowest BCUT2D eigenvalue weighted by Gasteiger charge is -2.26. The second-order valence-corrected chi connectivity index (χ2v) is 8.48. The molecule has 9 heteroatoms. The van der Waals surface area contributed by atoms with Crippen LogP contribution in [0.1, 0.15) is 18.9 Å². The van der Waals surface area contributed by atoms with Crippen LogP contribution in [-0.2, 0) is 24.2 Å². The van der Waals surface area contributed by atoms with Crippen LogP contribution in [0.2, 0.25) is 0 Å². The van der Waals surface area contributed by atoms with Gasteiger partial charge in [0.1, 0.15) is 17.4 Å². The molecule has 1 aromatic rings. The third-order valence-corrected chi connectivity index (χ3v) is 6.15. The van der Waals surface area contributed by atoms with Gasteiger partial charge in [0.25, 0.3) is 5.91 Å². The standard InChI is InChI=1S/C19H22N2O6S/c1-3-21(16-8-9-28(24,25)13-16)18(22)12-27-19(23)15(11-20)10-14-4-6-17(26-2)7-5-14/h4-7,10,16H,3,8-9,12-13H2,1-2H3/b15-10+/t16-/m1/s1. The summed E-state index contributed by atoms with van der Waals surface area (Å²) in [6.07, 6.45) is 1.73. The molecule has 1 aliphatic heterocycles. The monoisotopic (exact) mass is 406 g/mol. The number of nitrogens with zero attached hydrogens (tertiary/aromatic N) is 2. The van der Waals surface area contributed by atoms with Crippen LogP contribution in [0, 0.1) is 11.3 Å². The molecule has 28 heavy (non-hydrogen) atoms. The topological polar surface area (TPSA) is 114 Å². The molecule has 0 aliphatic carbocycles. The van der Waals surface area contributed by atoms with Gasteiger partial charge in [-0.25, -0.2) is 13.2 Å². The summed E-state index contributed by atoms with van der Waals surface area (Å²) < 4.78 is 33.3. The number of methoxy groups -OCH3 is 1. The lowest BCUT2D eigenvalue weighted by molar-refractivity contribution is -0.149. The fourth-order valence-corrected chi connectivity index (χ4v) is 4.68. The van der Waals surface area contributed by atoms with E-state index in [0.29, 0.717) is 24.3 Å². The summed E-state index contributed by atoms with van der Waals surface area (Å²) in [5.41, 5.74) is 0.358. The Kier molecular flexibility index (Phi) is 7.18. The average molecular weight is 406 g/mol. The lowest BCUT2D eigenvalue weighted by atomic mass is 10.1. The summed E-state index contributed by atoms with van der Waals surface area (Å²) in [6, 6.07) is 8.07. The van der Waals surface area contributed by atoms with Crippen LogP contribution in [0.15, 0.2) is 29.8 Å². The minimum atomic E-state index is -3.14. The third-order valence-electron chi connectivity index (χ3n) is 4.40. The first kappa shape index (κ1) is 21.4. The predicted molar refractivity (Wildman–Crippen MR) is 102 cm³/mol. The van der Waals surface area contributed by atoms with Crippen LogP contribution >= 0.6 is 0 Å². The van der Waals surface area contributed by atoms with Crippen molar-refractivity contribution in [2.45, 2.75) is 19.4 Å². The van der Waals surface area contributed by atoms with Crippen molar-refractivity contribution in [2.75, 3.05) is 31.8 Å². The number of sulfone groups is 1. The van der Waals surface area contributed by atoms with E-state index in [1.165, 1.54) is 18.1 Å². The zero-order valence-electron chi connectivity index (χ0n) is 15.8. The molecule has 1 saturated heterocycles. The van der Waals surface area contributed by atoms with Crippen molar-refractivity contribution in [3.63, 3.8) is 0 Å². The van der Waals surface area contributed by atoms with Crippen molar-refractivity contribution in [1.82, 2.24) is 4.90 Å². The lowest BCUT2D eigenvalue weighted by Crippen LogP contribution is -2.43. The third kappa shape index (κ3) is 5.57. The zero-order valence-corrected chi connectivity index (χ0v) is 16.6. The smallest absolute Gasteiger partial charge is 0.349 e. The molecule has 0 bridgehead atoms. The minimum absolute atomic E-state index is 0.0460. The number of esters is 1. The number of likely N-dealkylation sites (N-methyl/N-ethyl adjacent to an activating group) is 1. The number of carbonyl (C=O) groups excluding carboxylic acids is 2. The molecule has 150 valence electrons. The Morgan fingerprint density at radius 3 is 2.50 bits per heavy atom. The molecule has 1 heterocycles. The normalized spacial score (nSPS) is 18.2. The number of amides is 1. The van der Waals surface area contributed by atoms with Gasteiger partial charge in [-0.3, -0.25) is 4.79 Å². The summed E-state index contributed by atoms with van der Waals surface area (Å²) in [6.45, 7) is 1.49. The van der Waals surface area contributed by atoms with Crippen LogP contribution in [-0.4, -0.2) is 63.0 Å². The van der Waals surface area contributed by atoms with Gasteiger partial charge in [-0.15, -0.1) is 0 Å². The Morgan fingerprint density at radius 1 is 1.32 bits per heavy atom. The van der Waals surface area contributed by atoms with Gasteiger partial charge in [-0.2, -0.15) is 5.26 Å². The van der Waals surface area contributed by atoms with Crippen molar-refractivity contribution in [3.05, 3.63) is 35.4 Å². The van der Waals surface area contributed by atoms with Crippen LogP contribution in [0.25, 0.3) is 6.08 Å². The van der Waals surface area contributed by atoms with Gasteiger partial charge >= 0.3 is 5.97 Å². The number of nitriles is 1. The fraction of sp³-hybridized carbons (Fsp3) is 0.421. The van der Waals surface area contributed by atoms with E-state index in [0.717, 1.165) is 0 Å². The number of carbonyl (C=O) groups is 2. The molecule has 1 aromatic carbocycles. The first-order valence-corrected chi connectivity index (χ1v) is 10.5. The zero-order chi connectivity index (χ0) is 20.7. The quantitative estimate of drug-likeness (QED) is 0.379. The second kappa shape index (κ2) is 9.37. The van der Waals surface area contributed by atoms with Gasteiger partial charge in [0, 0.05) is 12.6 Å². The highest BCUT2D eigenvalue weighted by Crippen LogP contribution is 2.18. The maximum absolute atomic E-state index is 12.4. The molecular formula is C19H22N2O6S. The Morgan fingerprint density at radius 2 is 2.00 bits per heavy atom. The summed E-state index contributed by atoms with van der Waals surface area (Å²) >= 11 is 0. The van der Waals surface area contributed by atoms with Gasteiger partial charge in [0.05, 0.1) is 18.6 Å². The van der Waals surface area contributed by atoms with Gasteiger partial charge in [0.2, 0.25) is 0 Å². The van der Waals surface area contributed by atoms with E-state index in [9.17, 15) is 23.3 Å². The van der Waals surface area contributed by atoms with E-state index in [-0.39, 0.29) is 17.1 Å². The van der Waals surface area contributed by atoms with Gasteiger partial charge in [-0.05, 0) is 37.1 Å². The molecule has 0 N–H and O–H groups in total. The van der Waals surface area contributed by atoms with E-state index >= 15 is 0 Å². The SMILES string of the molecule is CCN(C(=O)COC(=O)/C(C#N)=C/c1ccc(OC)cc1)[C@@H]1CCS(=O)(=O)C1. The molecule has 1 aliphatic rings. The first-order chi connectivity index (χ1) is 13.3. The van der Waals surface area contributed by atoms with Crippen molar-refractivity contribution >= 4 is 27.8 Å². The Bertz CT molecular complexity index is 899. The minimum Gasteiger partial charge on any atom is -0.497 e. The van der Waals surface area contributed by atoms with E-state index < -0.39 is 34.4 Å². The number of ether oxygens (including phenoxy) is 2. The molecule has 1 atom stereocenters. The van der Waals surface area contributed by atoms with Gasteiger partial charge in [-0.1, -0.05) is 12.1 Å². The van der Waals surface area contributed by atoms with E-state index in [1.54, 1.807) is 37.3 Å². The highest BCUT2D eigenvalue weighted by molar-refractivity contribution is 7.91. The number of benzene rings is 1. The molecule has 2 rings (SSSR count). The van der Waals surface area contributed by atoms with Crippen LogP contribution in [0.4, 0.5) is 0 Å². The van der Waals surface area contributed by atoms with Crippen LogP contribution in [0.5, 0.6) is 5.75 Å². The number of rotatable bonds is 7. The van der Waals surface area contributed by atoms with Crippen LogP contribution in [0.3, 0.4) is 0 Å². The van der Waals surface area contributed by atoms with Crippen molar-refractivity contribution in [2.24, 2.45) is 0 Å². The first-order valence-electron chi connectivity index (χ1n) is 8.72. The van der Waals surface area contributed by atoms with E-state index in [4.69, 9.17) is 9.47 Å². The van der Waals surface area contributed by atoms with Gasteiger partial charge < -0.3 is 14.4 Å². The molecule has 8 nitrogen and oxygen atoms in total. The number of hydrogen-bond acceptors (Lipinski definition) is 7. The molecule has 0 spiro atoms. The van der Waals surface area contributed by atoms with E-state index in [2.05, 4.69) is 0 Å². The number of hydrogen-bond donors (Lipinski definition) is 0.